The second-order valence-corrected chi connectivity index (χ2v) is 14.9. The van der Waals surface area contributed by atoms with Gasteiger partial charge in [0.15, 0.2) is 0 Å². The predicted molar refractivity (Wildman–Crippen MR) is 230 cm³/mol. The topological polar surface area (TPSA) is 3.24 Å². The van der Waals surface area contributed by atoms with E-state index in [-0.39, 0.29) is 5.41 Å². The van der Waals surface area contributed by atoms with Crippen LogP contribution in [0.25, 0.3) is 66.1 Å². The zero-order chi connectivity index (χ0) is 36.2. The van der Waals surface area contributed by atoms with Gasteiger partial charge < -0.3 is 4.90 Å². The molecule has 0 spiro atoms. The Balaban J connectivity index is 1.11. The normalized spacial score (nSPS) is 12.8. The van der Waals surface area contributed by atoms with E-state index in [1.165, 1.54) is 77.2 Å². The number of fused-ring (bicyclic) bond motifs is 5. The van der Waals surface area contributed by atoms with Crippen molar-refractivity contribution < 1.29 is 0 Å². The quantitative estimate of drug-likeness (QED) is 0.168. The van der Waals surface area contributed by atoms with Crippen LogP contribution in [0.2, 0.25) is 0 Å². The van der Waals surface area contributed by atoms with Gasteiger partial charge in [0.2, 0.25) is 0 Å². The van der Waals surface area contributed by atoms with Crippen molar-refractivity contribution in [3.63, 3.8) is 0 Å². The van der Waals surface area contributed by atoms with E-state index in [9.17, 15) is 0 Å². The molecule has 9 aromatic rings. The summed E-state index contributed by atoms with van der Waals surface area (Å²) in [6.45, 7) is 4.76. The SMILES string of the molecule is CC1(C)c2ccccc2-c2c(-c3ccc(N(c4ccc(-c5cccc6ccccc56)cc4)c4cccc5ccccc45)cc3)ccc(-c3ccccc3)c21. The van der Waals surface area contributed by atoms with E-state index >= 15 is 0 Å². The number of anilines is 3. The molecule has 1 aliphatic rings. The van der Waals surface area contributed by atoms with E-state index in [1.807, 2.05) is 0 Å². The Kier molecular flexibility index (Phi) is 7.56. The Morgan fingerprint density at radius 1 is 0.352 bits per heavy atom. The van der Waals surface area contributed by atoms with Crippen molar-refractivity contribution in [3.8, 4) is 44.5 Å². The molecule has 256 valence electrons. The van der Waals surface area contributed by atoms with Gasteiger partial charge in [-0.25, -0.2) is 0 Å². The number of nitrogens with zero attached hydrogens (tertiary/aromatic N) is 1. The Morgan fingerprint density at radius 2 is 0.852 bits per heavy atom. The van der Waals surface area contributed by atoms with Gasteiger partial charge >= 0.3 is 0 Å². The Hall–Kier alpha value is -6.70. The maximum absolute atomic E-state index is 2.40. The highest BCUT2D eigenvalue weighted by atomic mass is 15.1. The van der Waals surface area contributed by atoms with Crippen molar-refractivity contribution in [2.75, 3.05) is 4.90 Å². The molecule has 0 atom stereocenters. The van der Waals surface area contributed by atoms with E-state index in [0.29, 0.717) is 0 Å². The van der Waals surface area contributed by atoms with Crippen LogP contribution in [0.4, 0.5) is 17.1 Å². The molecule has 0 aliphatic heterocycles. The number of rotatable bonds is 6. The fraction of sp³-hybridized carbons (Fsp3) is 0.0566. The summed E-state index contributed by atoms with van der Waals surface area (Å²) in [5, 5.41) is 4.96. The molecule has 0 radical (unpaired) electrons. The monoisotopic (exact) mass is 689 g/mol. The maximum atomic E-state index is 2.40. The van der Waals surface area contributed by atoms with Crippen LogP contribution in [0.3, 0.4) is 0 Å². The van der Waals surface area contributed by atoms with Gasteiger partial charge in [0.05, 0.1) is 5.69 Å². The molecule has 1 aliphatic carbocycles. The summed E-state index contributed by atoms with van der Waals surface area (Å²) in [6, 6.07) is 73.2. The Morgan fingerprint density at radius 3 is 1.57 bits per heavy atom. The van der Waals surface area contributed by atoms with Crippen LogP contribution < -0.4 is 4.90 Å². The second-order valence-electron chi connectivity index (χ2n) is 14.9. The van der Waals surface area contributed by atoms with E-state index in [0.717, 1.165) is 17.1 Å². The third-order valence-corrected chi connectivity index (χ3v) is 11.5. The van der Waals surface area contributed by atoms with Crippen molar-refractivity contribution >= 4 is 38.6 Å². The molecule has 0 fully saturated rings. The highest BCUT2D eigenvalue weighted by Gasteiger charge is 2.39. The van der Waals surface area contributed by atoms with Crippen LogP contribution in [0.1, 0.15) is 25.0 Å². The lowest BCUT2D eigenvalue weighted by molar-refractivity contribution is 0.662. The van der Waals surface area contributed by atoms with Crippen LogP contribution in [-0.2, 0) is 5.41 Å². The Labute approximate surface area is 317 Å². The van der Waals surface area contributed by atoms with Gasteiger partial charge in [0, 0.05) is 22.2 Å². The minimum atomic E-state index is -0.129. The van der Waals surface area contributed by atoms with E-state index in [4.69, 9.17) is 0 Å². The zero-order valence-corrected chi connectivity index (χ0v) is 30.5. The molecule has 0 N–H and O–H groups in total. The summed E-state index contributed by atoms with van der Waals surface area (Å²) in [6.07, 6.45) is 0. The molecular weight excluding hydrogens is 651 g/mol. The summed E-state index contributed by atoms with van der Waals surface area (Å²) >= 11 is 0. The van der Waals surface area contributed by atoms with E-state index in [2.05, 4.69) is 219 Å². The standard InChI is InChI=1S/C53H39N/c1-53(2)49-24-11-10-22-48(49)51-46(34-35-47(52(51)53)38-14-4-3-5-15-38)40-28-32-42(33-29-40)54(50-25-13-19-37-17-7-9-21-45(37)50)41-30-26-39(27-31-41)44-23-12-18-36-16-6-8-20-43(36)44/h3-35H,1-2H3. The number of hydrogen-bond donors (Lipinski definition) is 0. The third kappa shape index (κ3) is 5.16. The van der Waals surface area contributed by atoms with Crippen molar-refractivity contribution in [3.05, 3.63) is 211 Å². The van der Waals surface area contributed by atoms with Crippen LogP contribution in [0.15, 0.2) is 200 Å². The van der Waals surface area contributed by atoms with E-state index < -0.39 is 0 Å². The van der Waals surface area contributed by atoms with Crippen LogP contribution in [0, 0.1) is 0 Å². The lowest BCUT2D eigenvalue weighted by atomic mass is 9.78. The summed E-state index contributed by atoms with van der Waals surface area (Å²) < 4.78 is 0. The van der Waals surface area contributed by atoms with Crippen molar-refractivity contribution in [1.29, 1.82) is 0 Å². The molecule has 9 aromatic carbocycles. The smallest absolute Gasteiger partial charge is 0.0540 e. The summed E-state index contributed by atoms with van der Waals surface area (Å²) in [5.41, 5.74) is 16.2. The maximum Gasteiger partial charge on any atom is 0.0540 e. The fourth-order valence-corrected chi connectivity index (χ4v) is 8.90. The van der Waals surface area contributed by atoms with Gasteiger partial charge in [-0.15, -0.1) is 0 Å². The molecule has 1 nitrogen and oxygen atoms in total. The van der Waals surface area contributed by atoms with Gasteiger partial charge in [-0.2, -0.15) is 0 Å². The molecule has 0 aromatic heterocycles. The molecule has 0 bridgehead atoms. The average molecular weight is 690 g/mol. The lowest BCUT2D eigenvalue weighted by Gasteiger charge is -2.27. The van der Waals surface area contributed by atoms with Gasteiger partial charge in [0.25, 0.3) is 0 Å². The van der Waals surface area contributed by atoms with Crippen LogP contribution in [0.5, 0.6) is 0 Å². The lowest BCUT2D eigenvalue weighted by Crippen LogP contribution is -2.16. The molecule has 1 heteroatoms. The molecule has 54 heavy (non-hydrogen) atoms. The van der Waals surface area contributed by atoms with Gasteiger partial charge in [-0.1, -0.05) is 184 Å². The molecule has 0 amide bonds. The predicted octanol–water partition coefficient (Wildman–Crippen LogP) is 14.8. The van der Waals surface area contributed by atoms with Crippen molar-refractivity contribution in [2.24, 2.45) is 0 Å². The molecule has 10 rings (SSSR count). The first-order valence-corrected chi connectivity index (χ1v) is 18.9. The average Bonchev–Trinajstić information content (AvgIpc) is 3.48. The first-order valence-electron chi connectivity index (χ1n) is 18.9. The molecule has 0 unspecified atom stereocenters. The van der Waals surface area contributed by atoms with Crippen molar-refractivity contribution in [1.82, 2.24) is 0 Å². The van der Waals surface area contributed by atoms with Crippen LogP contribution >= 0.6 is 0 Å². The minimum absolute atomic E-state index is 0.129. The van der Waals surface area contributed by atoms with Gasteiger partial charge in [-0.05, 0) is 102 Å². The molecular formula is C53H39N. The highest BCUT2D eigenvalue weighted by Crippen LogP contribution is 2.55. The second kappa shape index (κ2) is 12.8. The summed E-state index contributed by atoms with van der Waals surface area (Å²) in [4.78, 5) is 2.40. The largest absolute Gasteiger partial charge is 0.310 e. The van der Waals surface area contributed by atoms with E-state index in [1.54, 1.807) is 0 Å². The zero-order valence-electron chi connectivity index (χ0n) is 30.5. The summed E-state index contributed by atoms with van der Waals surface area (Å²) in [7, 11) is 0. The van der Waals surface area contributed by atoms with Crippen molar-refractivity contribution in [2.45, 2.75) is 19.3 Å². The fourth-order valence-electron chi connectivity index (χ4n) is 8.90. The first kappa shape index (κ1) is 32.0. The molecule has 0 heterocycles. The Bertz CT molecular complexity index is 2820. The number of benzene rings is 9. The molecule has 0 saturated carbocycles. The molecule has 0 saturated heterocycles. The minimum Gasteiger partial charge on any atom is -0.310 e. The summed E-state index contributed by atoms with van der Waals surface area (Å²) in [5.74, 6) is 0. The first-order chi connectivity index (χ1) is 26.6. The third-order valence-electron chi connectivity index (χ3n) is 11.5. The highest BCUT2D eigenvalue weighted by molar-refractivity contribution is 6.01. The number of hydrogen-bond acceptors (Lipinski definition) is 1. The van der Waals surface area contributed by atoms with Gasteiger partial charge in [-0.3, -0.25) is 0 Å². The van der Waals surface area contributed by atoms with Gasteiger partial charge in [0.1, 0.15) is 0 Å². The van der Waals surface area contributed by atoms with Crippen LogP contribution in [-0.4, -0.2) is 0 Å².